The van der Waals surface area contributed by atoms with Gasteiger partial charge in [0, 0.05) is 6.42 Å². The highest BCUT2D eigenvalue weighted by molar-refractivity contribution is 5.69. The Labute approximate surface area is 121 Å². The lowest BCUT2D eigenvalue weighted by Crippen LogP contribution is -2.04. The molecule has 112 valence electrons. The minimum Gasteiger partial charge on any atom is -0.494 e. The number of hydrogen-bond donors (Lipinski definition) is 0. The highest BCUT2D eigenvalue weighted by atomic mass is 16.5. The van der Waals surface area contributed by atoms with Crippen LogP contribution in [0.15, 0.2) is 24.3 Å². The van der Waals surface area contributed by atoms with Crippen LogP contribution in [0.3, 0.4) is 0 Å². The fourth-order valence-electron chi connectivity index (χ4n) is 1.77. The number of carbonyl (C=O) groups is 1. The lowest BCUT2D eigenvalue weighted by Gasteiger charge is -2.07. The Morgan fingerprint density at radius 2 is 1.55 bits per heavy atom. The molecule has 0 saturated carbocycles. The van der Waals surface area contributed by atoms with Gasteiger partial charge >= 0.3 is 5.97 Å². The summed E-state index contributed by atoms with van der Waals surface area (Å²) in [6.45, 7) is 5.57. The van der Waals surface area contributed by atoms with E-state index in [1.54, 1.807) is 0 Å². The Hall–Kier alpha value is -1.71. The van der Waals surface area contributed by atoms with Gasteiger partial charge in [-0.2, -0.15) is 0 Å². The molecule has 4 nitrogen and oxygen atoms in total. The van der Waals surface area contributed by atoms with Gasteiger partial charge in [-0.3, -0.25) is 4.79 Å². The molecule has 0 bridgehead atoms. The largest absolute Gasteiger partial charge is 0.494 e. The first-order chi connectivity index (χ1) is 9.76. The molecule has 0 fully saturated rings. The Bertz CT molecular complexity index is 373. The highest BCUT2D eigenvalue weighted by Crippen LogP contribution is 2.17. The number of benzene rings is 1. The summed E-state index contributed by atoms with van der Waals surface area (Å²) in [5.41, 5.74) is 0. The first-order valence-corrected chi connectivity index (χ1v) is 7.27. The molecule has 0 spiro atoms. The van der Waals surface area contributed by atoms with E-state index in [0.717, 1.165) is 30.8 Å². The number of hydrogen-bond acceptors (Lipinski definition) is 4. The van der Waals surface area contributed by atoms with Gasteiger partial charge < -0.3 is 14.2 Å². The number of esters is 1. The van der Waals surface area contributed by atoms with Crippen LogP contribution in [-0.2, 0) is 9.53 Å². The SMILES string of the molecule is CCOC(=O)CCCCCOc1ccc(OCC)cc1. The van der Waals surface area contributed by atoms with Crippen molar-refractivity contribution in [3.05, 3.63) is 24.3 Å². The van der Waals surface area contributed by atoms with Crippen LogP contribution in [0.5, 0.6) is 11.5 Å². The molecule has 0 aliphatic carbocycles. The third kappa shape index (κ3) is 7.02. The Kier molecular flexibility index (Phi) is 8.27. The summed E-state index contributed by atoms with van der Waals surface area (Å²) in [4.78, 5) is 11.1. The summed E-state index contributed by atoms with van der Waals surface area (Å²) in [7, 11) is 0. The molecule has 0 N–H and O–H groups in total. The van der Waals surface area contributed by atoms with E-state index in [0.29, 0.717) is 26.2 Å². The van der Waals surface area contributed by atoms with Crippen molar-refractivity contribution in [2.75, 3.05) is 19.8 Å². The topological polar surface area (TPSA) is 44.8 Å². The summed E-state index contributed by atoms with van der Waals surface area (Å²) in [6.07, 6.45) is 3.25. The first kappa shape index (κ1) is 16.3. The second kappa shape index (κ2) is 10.1. The van der Waals surface area contributed by atoms with E-state index in [1.807, 2.05) is 38.1 Å². The van der Waals surface area contributed by atoms with Gasteiger partial charge in [0.05, 0.1) is 19.8 Å². The third-order valence-electron chi connectivity index (χ3n) is 2.73. The molecule has 0 aliphatic heterocycles. The van der Waals surface area contributed by atoms with Crippen LogP contribution in [-0.4, -0.2) is 25.8 Å². The summed E-state index contributed by atoms with van der Waals surface area (Å²) in [5, 5.41) is 0. The molecule has 0 amide bonds. The average Bonchev–Trinajstić information content (AvgIpc) is 2.45. The fourth-order valence-corrected chi connectivity index (χ4v) is 1.77. The van der Waals surface area contributed by atoms with E-state index >= 15 is 0 Å². The minimum atomic E-state index is -0.111. The van der Waals surface area contributed by atoms with Crippen molar-refractivity contribution in [1.29, 1.82) is 0 Å². The summed E-state index contributed by atoms with van der Waals surface area (Å²) < 4.78 is 15.9. The molecular weight excluding hydrogens is 256 g/mol. The lowest BCUT2D eigenvalue weighted by atomic mass is 10.2. The predicted molar refractivity (Wildman–Crippen MR) is 78.2 cm³/mol. The summed E-state index contributed by atoms with van der Waals surface area (Å²) in [5.74, 6) is 1.59. The Morgan fingerprint density at radius 3 is 2.15 bits per heavy atom. The van der Waals surface area contributed by atoms with Crippen LogP contribution < -0.4 is 9.47 Å². The zero-order valence-corrected chi connectivity index (χ0v) is 12.4. The van der Waals surface area contributed by atoms with Gasteiger partial charge in [0.15, 0.2) is 0 Å². The van der Waals surface area contributed by atoms with Gasteiger partial charge in [0.1, 0.15) is 11.5 Å². The van der Waals surface area contributed by atoms with Gasteiger partial charge in [-0.15, -0.1) is 0 Å². The smallest absolute Gasteiger partial charge is 0.305 e. The van der Waals surface area contributed by atoms with Gasteiger partial charge in [-0.1, -0.05) is 0 Å². The van der Waals surface area contributed by atoms with Crippen LogP contribution >= 0.6 is 0 Å². The maximum Gasteiger partial charge on any atom is 0.305 e. The molecule has 0 atom stereocenters. The van der Waals surface area contributed by atoms with Gasteiger partial charge in [0.25, 0.3) is 0 Å². The molecule has 1 rings (SSSR count). The number of unbranched alkanes of at least 4 members (excludes halogenated alkanes) is 2. The molecular formula is C16H24O4. The predicted octanol–water partition coefficient (Wildman–Crippen LogP) is 3.59. The van der Waals surface area contributed by atoms with Crippen LogP contribution in [0.1, 0.15) is 39.5 Å². The van der Waals surface area contributed by atoms with Crippen LogP contribution in [0, 0.1) is 0 Å². The van der Waals surface area contributed by atoms with Crippen molar-refractivity contribution in [2.45, 2.75) is 39.5 Å². The van der Waals surface area contributed by atoms with Crippen molar-refractivity contribution in [3.63, 3.8) is 0 Å². The van der Waals surface area contributed by atoms with E-state index in [1.165, 1.54) is 0 Å². The fraction of sp³-hybridized carbons (Fsp3) is 0.562. The normalized spacial score (nSPS) is 10.1. The minimum absolute atomic E-state index is 0.111. The van der Waals surface area contributed by atoms with Crippen molar-refractivity contribution in [2.24, 2.45) is 0 Å². The number of ether oxygens (including phenoxy) is 3. The molecule has 4 heteroatoms. The van der Waals surface area contributed by atoms with Crippen molar-refractivity contribution < 1.29 is 19.0 Å². The van der Waals surface area contributed by atoms with Crippen LogP contribution in [0.4, 0.5) is 0 Å². The zero-order chi connectivity index (χ0) is 14.6. The Morgan fingerprint density at radius 1 is 0.900 bits per heavy atom. The maximum atomic E-state index is 11.1. The number of rotatable bonds is 10. The van der Waals surface area contributed by atoms with Crippen molar-refractivity contribution >= 4 is 5.97 Å². The van der Waals surface area contributed by atoms with E-state index in [2.05, 4.69) is 0 Å². The first-order valence-electron chi connectivity index (χ1n) is 7.27. The monoisotopic (exact) mass is 280 g/mol. The molecule has 20 heavy (non-hydrogen) atoms. The molecule has 1 aromatic rings. The molecule has 0 aliphatic rings. The summed E-state index contributed by atoms with van der Waals surface area (Å²) in [6, 6.07) is 7.62. The van der Waals surface area contributed by atoms with Crippen LogP contribution in [0.2, 0.25) is 0 Å². The molecule has 0 unspecified atom stereocenters. The zero-order valence-electron chi connectivity index (χ0n) is 12.4. The van der Waals surface area contributed by atoms with Gasteiger partial charge in [-0.05, 0) is 57.4 Å². The maximum absolute atomic E-state index is 11.1. The van der Waals surface area contributed by atoms with E-state index in [9.17, 15) is 4.79 Å². The second-order valence-corrected chi connectivity index (χ2v) is 4.37. The van der Waals surface area contributed by atoms with E-state index in [-0.39, 0.29) is 5.97 Å². The molecule has 0 radical (unpaired) electrons. The molecule has 0 saturated heterocycles. The highest BCUT2D eigenvalue weighted by Gasteiger charge is 2.01. The van der Waals surface area contributed by atoms with E-state index < -0.39 is 0 Å². The lowest BCUT2D eigenvalue weighted by molar-refractivity contribution is -0.143. The average molecular weight is 280 g/mol. The van der Waals surface area contributed by atoms with Crippen LogP contribution in [0.25, 0.3) is 0 Å². The number of carbonyl (C=O) groups excluding carboxylic acids is 1. The molecule has 1 aromatic carbocycles. The Balaban J connectivity index is 2.07. The standard InChI is InChI=1S/C16H24O4/c1-3-18-14-9-11-15(12-10-14)20-13-7-5-6-8-16(17)19-4-2/h9-12H,3-8,13H2,1-2H3. The molecule has 0 heterocycles. The molecule has 0 aromatic heterocycles. The third-order valence-corrected chi connectivity index (χ3v) is 2.73. The van der Waals surface area contributed by atoms with Gasteiger partial charge in [-0.25, -0.2) is 0 Å². The van der Waals surface area contributed by atoms with E-state index in [4.69, 9.17) is 14.2 Å². The van der Waals surface area contributed by atoms with Crippen molar-refractivity contribution in [3.8, 4) is 11.5 Å². The second-order valence-electron chi connectivity index (χ2n) is 4.37. The van der Waals surface area contributed by atoms with Crippen molar-refractivity contribution in [1.82, 2.24) is 0 Å². The van der Waals surface area contributed by atoms with Gasteiger partial charge in [0.2, 0.25) is 0 Å². The summed E-state index contributed by atoms with van der Waals surface area (Å²) >= 11 is 0. The quantitative estimate of drug-likeness (QED) is 0.485.